The van der Waals surface area contributed by atoms with Crippen LogP contribution in [0.4, 0.5) is 0 Å². The highest BCUT2D eigenvalue weighted by molar-refractivity contribution is 5.78. The smallest absolute Gasteiger partial charge is 0.234 e. The number of carbonyl (C=O) groups is 1. The van der Waals surface area contributed by atoms with E-state index < -0.39 is 0 Å². The third kappa shape index (κ3) is 4.40. The molecule has 4 heteroatoms. The van der Waals surface area contributed by atoms with Gasteiger partial charge in [-0.3, -0.25) is 9.69 Å². The third-order valence-corrected chi connectivity index (χ3v) is 4.95. The first-order valence-electron chi connectivity index (χ1n) is 8.86. The molecule has 132 valence electrons. The van der Waals surface area contributed by atoms with Crippen LogP contribution in [0.15, 0.2) is 48.5 Å². The highest BCUT2D eigenvalue weighted by Gasteiger charge is 2.27. The van der Waals surface area contributed by atoms with Gasteiger partial charge in [0, 0.05) is 12.6 Å². The Balaban J connectivity index is 1.57. The van der Waals surface area contributed by atoms with E-state index in [1.165, 1.54) is 16.7 Å². The van der Waals surface area contributed by atoms with Crippen LogP contribution < -0.4 is 10.1 Å². The summed E-state index contributed by atoms with van der Waals surface area (Å²) in [6.45, 7) is 4.07. The van der Waals surface area contributed by atoms with Gasteiger partial charge in [0.25, 0.3) is 0 Å². The summed E-state index contributed by atoms with van der Waals surface area (Å²) >= 11 is 0. The number of hydrogen-bond acceptors (Lipinski definition) is 3. The average molecular weight is 338 g/mol. The SMILES string of the molecule is COc1ccc([C@H]2CCCN2CC(=O)NCc2ccccc2C)cc1. The maximum Gasteiger partial charge on any atom is 0.234 e. The average Bonchev–Trinajstić information content (AvgIpc) is 3.09. The molecule has 4 nitrogen and oxygen atoms in total. The minimum absolute atomic E-state index is 0.0867. The van der Waals surface area contributed by atoms with Crippen molar-refractivity contribution < 1.29 is 9.53 Å². The lowest BCUT2D eigenvalue weighted by Gasteiger charge is -2.24. The number of methoxy groups -OCH3 is 1. The normalized spacial score (nSPS) is 17.4. The van der Waals surface area contributed by atoms with Crippen molar-refractivity contribution in [2.75, 3.05) is 20.2 Å². The summed E-state index contributed by atoms with van der Waals surface area (Å²) in [7, 11) is 1.68. The fourth-order valence-corrected chi connectivity index (χ4v) is 3.46. The molecule has 0 saturated carbocycles. The van der Waals surface area contributed by atoms with Crippen molar-refractivity contribution in [3.05, 3.63) is 65.2 Å². The van der Waals surface area contributed by atoms with Gasteiger partial charge in [0.05, 0.1) is 13.7 Å². The summed E-state index contributed by atoms with van der Waals surface area (Å²) in [6, 6.07) is 16.7. The molecule has 1 atom stereocenters. The van der Waals surface area contributed by atoms with Gasteiger partial charge in [-0.25, -0.2) is 0 Å². The number of amides is 1. The number of nitrogens with one attached hydrogen (secondary N) is 1. The Morgan fingerprint density at radius 1 is 1.20 bits per heavy atom. The Bertz CT molecular complexity index is 712. The molecule has 1 saturated heterocycles. The van der Waals surface area contributed by atoms with Gasteiger partial charge in [-0.1, -0.05) is 36.4 Å². The molecule has 1 aliphatic heterocycles. The monoisotopic (exact) mass is 338 g/mol. The maximum absolute atomic E-state index is 12.4. The quantitative estimate of drug-likeness (QED) is 0.877. The van der Waals surface area contributed by atoms with Gasteiger partial charge in [-0.15, -0.1) is 0 Å². The van der Waals surface area contributed by atoms with Crippen molar-refractivity contribution >= 4 is 5.91 Å². The van der Waals surface area contributed by atoms with Crippen LogP contribution in [0.1, 0.15) is 35.6 Å². The van der Waals surface area contributed by atoms with Crippen LogP contribution in [0.2, 0.25) is 0 Å². The van der Waals surface area contributed by atoms with Gasteiger partial charge in [0.1, 0.15) is 5.75 Å². The van der Waals surface area contributed by atoms with E-state index in [1.54, 1.807) is 7.11 Å². The Morgan fingerprint density at radius 2 is 1.96 bits per heavy atom. The van der Waals surface area contributed by atoms with Gasteiger partial charge in [-0.2, -0.15) is 0 Å². The number of carbonyl (C=O) groups excluding carboxylic acids is 1. The zero-order valence-corrected chi connectivity index (χ0v) is 15.0. The van der Waals surface area contributed by atoms with E-state index in [0.29, 0.717) is 19.1 Å². The molecule has 1 aliphatic rings. The van der Waals surface area contributed by atoms with Gasteiger partial charge < -0.3 is 10.1 Å². The number of aryl methyl sites for hydroxylation is 1. The first-order chi connectivity index (χ1) is 12.2. The Morgan fingerprint density at radius 3 is 2.68 bits per heavy atom. The summed E-state index contributed by atoms with van der Waals surface area (Å²) in [5.41, 5.74) is 3.63. The van der Waals surface area contributed by atoms with Crippen molar-refractivity contribution in [3.8, 4) is 5.75 Å². The molecule has 1 fully saturated rings. The summed E-state index contributed by atoms with van der Waals surface area (Å²) in [4.78, 5) is 14.7. The third-order valence-electron chi connectivity index (χ3n) is 4.95. The van der Waals surface area contributed by atoms with E-state index in [-0.39, 0.29) is 5.91 Å². The van der Waals surface area contributed by atoms with Crippen LogP contribution in [-0.2, 0) is 11.3 Å². The fraction of sp³-hybridized carbons (Fsp3) is 0.381. The fourth-order valence-electron chi connectivity index (χ4n) is 3.46. The van der Waals surface area contributed by atoms with E-state index in [9.17, 15) is 4.79 Å². The highest BCUT2D eigenvalue weighted by Crippen LogP contribution is 2.32. The molecule has 1 heterocycles. The lowest BCUT2D eigenvalue weighted by molar-refractivity contribution is -0.122. The topological polar surface area (TPSA) is 41.6 Å². The van der Waals surface area contributed by atoms with Gasteiger partial charge in [0.2, 0.25) is 5.91 Å². The van der Waals surface area contributed by atoms with E-state index >= 15 is 0 Å². The van der Waals surface area contributed by atoms with Crippen molar-refractivity contribution in [2.45, 2.75) is 32.4 Å². The second-order valence-electron chi connectivity index (χ2n) is 6.60. The lowest BCUT2D eigenvalue weighted by Crippen LogP contribution is -2.36. The van der Waals surface area contributed by atoms with Crippen LogP contribution in [0, 0.1) is 6.92 Å². The molecule has 2 aromatic rings. The lowest BCUT2D eigenvalue weighted by atomic mass is 10.0. The number of rotatable bonds is 6. The zero-order chi connectivity index (χ0) is 17.6. The summed E-state index contributed by atoms with van der Waals surface area (Å²) in [5.74, 6) is 0.952. The van der Waals surface area contributed by atoms with E-state index in [1.807, 2.05) is 24.3 Å². The molecular formula is C21H26N2O2. The molecule has 0 radical (unpaired) electrons. The molecule has 0 spiro atoms. The van der Waals surface area contributed by atoms with Crippen molar-refractivity contribution in [1.29, 1.82) is 0 Å². The maximum atomic E-state index is 12.4. The summed E-state index contributed by atoms with van der Waals surface area (Å²) < 4.78 is 5.23. The van der Waals surface area contributed by atoms with Crippen molar-refractivity contribution in [2.24, 2.45) is 0 Å². The number of nitrogens with zero attached hydrogens (tertiary/aromatic N) is 1. The van der Waals surface area contributed by atoms with Crippen LogP contribution >= 0.6 is 0 Å². The highest BCUT2D eigenvalue weighted by atomic mass is 16.5. The van der Waals surface area contributed by atoms with Crippen LogP contribution in [0.3, 0.4) is 0 Å². The number of hydrogen-bond donors (Lipinski definition) is 1. The van der Waals surface area contributed by atoms with Gasteiger partial charge >= 0.3 is 0 Å². The van der Waals surface area contributed by atoms with Gasteiger partial charge in [0.15, 0.2) is 0 Å². The van der Waals surface area contributed by atoms with Crippen molar-refractivity contribution in [1.82, 2.24) is 10.2 Å². The minimum Gasteiger partial charge on any atom is -0.497 e. The number of benzene rings is 2. The Labute approximate surface area is 149 Å². The second kappa shape index (κ2) is 8.17. The summed E-state index contributed by atoms with van der Waals surface area (Å²) in [5, 5.41) is 3.06. The molecule has 0 aliphatic carbocycles. The molecule has 1 N–H and O–H groups in total. The largest absolute Gasteiger partial charge is 0.497 e. The van der Waals surface area contributed by atoms with E-state index in [0.717, 1.165) is 25.1 Å². The predicted octanol–water partition coefficient (Wildman–Crippen LogP) is 3.46. The Kier molecular flexibility index (Phi) is 5.71. The standard InChI is InChI=1S/C21H26N2O2/c1-16-6-3-4-7-18(16)14-22-21(24)15-23-13-5-8-20(23)17-9-11-19(25-2)12-10-17/h3-4,6-7,9-12,20H,5,8,13-15H2,1-2H3,(H,22,24)/t20-/m1/s1. The van der Waals surface area contributed by atoms with Crippen LogP contribution in [-0.4, -0.2) is 31.0 Å². The van der Waals surface area contributed by atoms with E-state index in [2.05, 4.69) is 41.4 Å². The van der Waals surface area contributed by atoms with E-state index in [4.69, 9.17) is 4.74 Å². The van der Waals surface area contributed by atoms with Crippen LogP contribution in [0.5, 0.6) is 5.75 Å². The molecule has 0 unspecified atom stereocenters. The predicted molar refractivity (Wildman–Crippen MR) is 99.6 cm³/mol. The molecule has 0 aromatic heterocycles. The summed E-state index contributed by atoms with van der Waals surface area (Å²) in [6.07, 6.45) is 2.22. The molecule has 2 aromatic carbocycles. The van der Waals surface area contributed by atoms with Crippen molar-refractivity contribution in [3.63, 3.8) is 0 Å². The first-order valence-corrected chi connectivity index (χ1v) is 8.86. The van der Waals surface area contributed by atoms with Gasteiger partial charge in [-0.05, 0) is 55.1 Å². The molecule has 3 rings (SSSR count). The number of ether oxygens (including phenoxy) is 1. The zero-order valence-electron chi connectivity index (χ0n) is 15.0. The molecular weight excluding hydrogens is 312 g/mol. The first kappa shape index (κ1) is 17.5. The number of likely N-dealkylation sites (tertiary alicyclic amines) is 1. The Hall–Kier alpha value is -2.33. The minimum atomic E-state index is 0.0867. The molecule has 1 amide bonds. The molecule has 0 bridgehead atoms. The molecule has 25 heavy (non-hydrogen) atoms. The second-order valence-corrected chi connectivity index (χ2v) is 6.60. The van der Waals surface area contributed by atoms with Crippen LogP contribution in [0.25, 0.3) is 0 Å².